The Labute approximate surface area is 284 Å². The average molecular weight is 630 g/mol. The molecule has 48 heavy (non-hydrogen) atoms. The maximum atomic E-state index is 2.46. The highest BCUT2D eigenvalue weighted by Gasteiger charge is 2.23. The maximum absolute atomic E-state index is 2.46. The molecule has 0 fully saturated rings. The summed E-state index contributed by atoms with van der Waals surface area (Å²) in [5.74, 6) is 0. The third-order valence-electron chi connectivity index (χ3n) is 9.26. The van der Waals surface area contributed by atoms with E-state index in [2.05, 4.69) is 193 Å². The Morgan fingerprint density at radius 3 is 1.75 bits per heavy atom. The monoisotopic (exact) mass is 629 g/mol. The zero-order valence-corrected chi connectivity index (χ0v) is 27.1. The first-order valence-electron chi connectivity index (χ1n) is 16.4. The summed E-state index contributed by atoms with van der Waals surface area (Å²) in [6.07, 6.45) is 0. The summed E-state index contributed by atoms with van der Waals surface area (Å²) in [4.78, 5) is 2.46. The number of hydrogen-bond acceptors (Lipinski definition) is 2. The molecule has 1 nitrogen and oxygen atoms in total. The van der Waals surface area contributed by atoms with Gasteiger partial charge in [-0.1, -0.05) is 152 Å². The molecule has 0 spiro atoms. The minimum Gasteiger partial charge on any atom is -0.310 e. The van der Waals surface area contributed by atoms with Gasteiger partial charge in [0.25, 0.3) is 0 Å². The lowest BCUT2D eigenvalue weighted by atomic mass is 9.87. The molecule has 0 aliphatic heterocycles. The Hall–Kier alpha value is -5.96. The minimum absolute atomic E-state index is 1.12. The van der Waals surface area contributed by atoms with Crippen molar-refractivity contribution < 1.29 is 0 Å². The highest BCUT2D eigenvalue weighted by Crippen LogP contribution is 2.49. The number of thiophene rings is 1. The number of hydrogen-bond donors (Lipinski definition) is 0. The molecule has 0 amide bonds. The van der Waals surface area contributed by atoms with Crippen molar-refractivity contribution in [1.29, 1.82) is 0 Å². The Morgan fingerprint density at radius 1 is 0.354 bits per heavy atom. The van der Waals surface area contributed by atoms with Gasteiger partial charge in [-0.2, -0.15) is 0 Å². The van der Waals surface area contributed by atoms with Crippen LogP contribution >= 0.6 is 11.3 Å². The zero-order valence-electron chi connectivity index (χ0n) is 26.3. The first kappa shape index (κ1) is 28.3. The summed E-state index contributed by atoms with van der Waals surface area (Å²) in [6, 6.07) is 68.3. The fraction of sp³-hybridized carbons (Fsp3) is 0. The molecule has 0 unspecified atom stereocenters. The van der Waals surface area contributed by atoms with Crippen molar-refractivity contribution in [3.63, 3.8) is 0 Å². The number of anilines is 3. The summed E-state index contributed by atoms with van der Waals surface area (Å²) in [7, 11) is 0. The zero-order chi connectivity index (χ0) is 31.9. The molecule has 2 heteroatoms. The second-order valence-corrected chi connectivity index (χ2v) is 13.2. The largest absolute Gasteiger partial charge is 0.310 e. The Bertz CT molecular complexity index is 2560. The van der Waals surface area contributed by atoms with E-state index in [1.54, 1.807) is 0 Å². The van der Waals surface area contributed by atoms with E-state index in [1.165, 1.54) is 64.3 Å². The molecule has 9 rings (SSSR count). The SMILES string of the molecule is c1ccc(-c2ccccc2-c2c(-c3ccccc3)cccc2N(c2ccc3ccccc3c2)c2ccc3c(c2)sc2ccccc23)cc1. The third kappa shape index (κ3) is 4.95. The quantitative estimate of drug-likeness (QED) is 0.177. The van der Waals surface area contributed by atoms with Crippen LogP contribution in [0.5, 0.6) is 0 Å². The lowest BCUT2D eigenvalue weighted by Gasteiger charge is -2.30. The highest BCUT2D eigenvalue weighted by atomic mass is 32.1. The Balaban J connectivity index is 1.36. The van der Waals surface area contributed by atoms with E-state index in [9.17, 15) is 0 Å². The topological polar surface area (TPSA) is 3.24 Å². The molecule has 0 N–H and O–H groups in total. The lowest BCUT2D eigenvalue weighted by molar-refractivity contribution is 1.30. The van der Waals surface area contributed by atoms with Gasteiger partial charge >= 0.3 is 0 Å². The Morgan fingerprint density at radius 2 is 0.938 bits per heavy atom. The van der Waals surface area contributed by atoms with E-state index < -0.39 is 0 Å². The van der Waals surface area contributed by atoms with Gasteiger partial charge < -0.3 is 4.90 Å². The van der Waals surface area contributed by atoms with Gasteiger partial charge in [-0.15, -0.1) is 11.3 Å². The molecule has 0 saturated heterocycles. The van der Waals surface area contributed by atoms with E-state index in [0.717, 1.165) is 17.1 Å². The fourth-order valence-corrected chi connectivity index (χ4v) is 8.17. The second kappa shape index (κ2) is 12.0. The summed E-state index contributed by atoms with van der Waals surface area (Å²) >= 11 is 1.86. The number of rotatable bonds is 6. The summed E-state index contributed by atoms with van der Waals surface area (Å²) < 4.78 is 2.59. The van der Waals surface area contributed by atoms with Crippen LogP contribution in [0.3, 0.4) is 0 Å². The van der Waals surface area contributed by atoms with E-state index in [-0.39, 0.29) is 0 Å². The lowest BCUT2D eigenvalue weighted by Crippen LogP contribution is -2.12. The van der Waals surface area contributed by atoms with E-state index in [1.807, 2.05) is 11.3 Å². The van der Waals surface area contributed by atoms with Gasteiger partial charge in [-0.05, 0) is 75.0 Å². The highest BCUT2D eigenvalue weighted by molar-refractivity contribution is 7.25. The first-order valence-corrected chi connectivity index (χ1v) is 17.2. The van der Waals surface area contributed by atoms with Crippen LogP contribution in [0.2, 0.25) is 0 Å². The molecule has 0 bridgehead atoms. The molecule has 0 saturated carbocycles. The van der Waals surface area contributed by atoms with Gasteiger partial charge in [0.05, 0.1) is 5.69 Å². The molecule has 9 aromatic rings. The predicted octanol–water partition coefficient (Wildman–Crippen LogP) is 13.7. The van der Waals surface area contributed by atoms with Crippen molar-refractivity contribution >= 4 is 59.3 Å². The van der Waals surface area contributed by atoms with Crippen molar-refractivity contribution in [3.05, 3.63) is 188 Å². The molecule has 0 radical (unpaired) electrons. The van der Waals surface area contributed by atoms with Crippen molar-refractivity contribution in [2.45, 2.75) is 0 Å². The van der Waals surface area contributed by atoms with E-state index >= 15 is 0 Å². The van der Waals surface area contributed by atoms with Gasteiger partial charge in [0.2, 0.25) is 0 Å². The van der Waals surface area contributed by atoms with Gasteiger partial charge in [0.1, 0.15) is 0 Å². The van der Waals surface area contributed by atoms with Gasteiger partial charge in [0.15, 0.2) is 0 Å². The van der Waals surface area contributed by atoms with Crippen LogP contribution in [-0.2, 0) is 0 Å². The number of benzene rings is 8. The molecule has 0 aliphatic rings. The summed E-state index contributed by atoms with van der Waals surface area (Å²) in [6.45, 7) is 0. The molecule has 1 aromatic heterocycles. The second-order valence-electron chi connectivity index (χ2n) is 12.1. The normalized spacial score (nSPS) is 11.3. The van der Waals surface area contributed by atoms with Crippen LogP contribution in [0.1, 0.15) is 0 Å². The predicted molar refractivity (Wildman–Crippen MR) is 208 cm³/mol. The Kier molecular flexibility index (Phi) is 7.07. The number of fused-ring (bicyclic) bond motifs is 4. The van der Waals surface area contributed by atoms with Gasteiger partial charge in [-0.25, -0.2) is 0 Å². The van der Waals surface area contributed by atoms with Crippen molar-refractivity contribution in [2.75, 3.05) is 4.90 Å². The molecular weight excluding hydrogens is 599 g/mol. The van der Waals surface area contributed by atoms with Crippen LogP contribution in [0.4, 0.5) is 17.1 Å². The minimum atomic E-state index is 1.12. The standard InChI is InChI=1S/C46H31NS/c1-3-15-33(16-4-1)38-20-9-10-22-42(38)46-39(34-17-5-2-6-18-34)23-13-24-43(46)47(36-27-26-32-14-7-8-19-35(32)30-36)37-28-29-41-40-21-11-12-25-44(40)48-45(41)31-37/h1-31H. The van der Waals surface area contributed by atoms with Crippen LogP contribution in [0, 0.1) is 0 Å². The van der Waals surface area contributed by atoms with Gasteiger partial charge in [0, 0.05) is 37.1 Å². The first-order chi connectivity index (χ1) is 23.8. The third-order valence-corrected chi connectivity index (χ3v) is 10.4. The molecule has 0 aliphatic carbocycles. The van der Waals surface area contributed by atoms with Gasteiger partial charge in [-0.3, -0.25) is 0 Å². The van der Waals surface area contributed by atoms with Crippen LogP contribution < -0.4 is 4.90 Å². The molecule has 0 atom stereocenters. The van der Waals surface area contributed by atoms with Crippen LogP contribution in [0.25, 0.3) is 64.3 Å². The smallest absolute Gasteiger partial charge is 0.0546 e. The summed E-state index contributed by atoms with van der Waals surface area (Å²) in [5, 5.41) is 5.05. The van der Waals surface area contributed by atoms with Crippen molar-refractivity contribution in [2.24, 2.45) is 0 Å². The average Bonchev–Trinajstić information content (AvgIpc) is 3.53. The van der Waals surface area contributed by atoms with Crippen LogP contribution in [-0.4, -0.2) is 0 Å². The molecular formula is C46H31NS. The fourth-order valence-electron chi connectivity index (χ4n) is 7.04. The van der Waals surface area contributed by atoms with E-state index in [4.69, 9.17) is 0 Å². The van der Waals surface area contributed by atoms with Crippen LogP contribution in [0.15, 0.2) is 188 Å². The number of nitrogens with zero attached hydrogens (tertiary/aromatic N) is 1. The van der Waals surface area contributed by atoms with E-state index in [0.29, 0.717) is 0 Å². The van der Waals surface area contributed by atoms with Crippen molar-refractivity contribution in [3.8, 4) is 33.4 Å². The molecule has 1 heterocycles. The van der Waals surface area contributed by atoms with Crippen molar-refractivity contribution in [1.82, 2.24) is 0 Å². The summed E-state index contributed by atoms with van der Waals surface area (Å²) in [5.41, 5.74) is 10.6. The maximum Gasteiger partial charge on any atom is 0.0546 e. The molecule has 8 aromatic carbocycles. The molecule has 226 valence electrons.